The predicted octanol–water partition coefficient (Wildman–Crippen LogP) is 3.22. The van der Waals surface area contributed by atoms with Gasteiger partial charge in [-0.1, -0.05) is 23.8 Å². The van der Waals surface area contributed by atoms with Crippen LogP contribution >= 0.6 is 22.9 Å². The SMILES string of the molecule is O=C(c1csnn1)N(Cc1nccs1)CC1CCCCC1. The first-order chi connectivity index (χ1) is 10.3. The van der Waals surface area contributed by atoms with Gasteiger partial charge in [-0.15, -0.1) is 16.4 Å². The first-order valence-corrected chi connectivity index (χ1v) is 8.99. The summed E-state index contributed by atoms with van der Waals surface area (Å²) < 4.78 is 3.80. The second kappa shape index (κ2) is 7.09. The van der Waals surface area contributed by atoms with Gasteiger partial charge in [0.05, 0.1) is 6.54 Å². The molecule has 0 bridgehead atoms. The lowest BCUT2D eigenvalue weighted by Crippen LogP contribution is -2.35. The standard InChI is InChI=1S/C14H18N4OS2/c19-14(12-10-21-17-16-12)18(9-13-15-6-7-20-13)8-11-4-2-1-3-5-11/h6-7,10-11H,1-5,8-9H2. The number of aromatic nitrogens is 3. The highest BCUT2D eigenvalue weighted by molar-refractivity contribution is 7.09. The molecule has 5 nitrogen and oxygen atoms in total. The number of rotatable bonds is 5. The molecule has 1 aliphatic carbocycles. The summed E-state index contributed by atoms with van der Waals surface area (Å²) in [5.74, 6) is 0.582. The summed E-state index contributed by atoms with van der Waals surface area (Å²) in [6.45, 7) is 1.38. The third-order valence-electron chi connectivity index (χ3n) is 3.88. The van der Waals surface area contributed by atoms with Gasteiger partial charge in [-0.3, -0.25) is 4.79 Å². The summed E-state index contributed by atoms with van der Waals surface area (Å²) in [7, 11) is 0. The molecule has 1 amide bonds. The first-order valence-electron chi connectivity index (χ1n) is 7.27. The molecule has 3 rings (SSSR count). The monoisotopic (exact) mass is 322 g/mol. The zero-order chi connectivity index (χ0) is 14.5. The molecule has 0 atom stereocenters. The average molecular weight is 322 g/mol. The van der Waals surface area contributed by atoms with E-state index in [0.717, 1.165) is 11.6 Å². The summed E-state index contributed by atoms with van der Waals surface area (Å²) in [4.78, 5) is 18.8. The van der Waals surface area contributed by atoms with Gasteiger partial charge in [-0.2, -0.15) is 0 Å². The molecule has 21 heavy (non-hydrogen) atoms. The molecule has 112 valence electrons. The second-order valence-electron chi connectivity index (χ2n) is 5.41. The van der Waals surface area contributed by atoms with Crippen molar-refractivity contribution >= 4 is 28.8 Å². The van der Waals surface area contributed by atoms with Gasteiger partial charge in [0.15, 0.2) is 5.69 Å². The van der Waals surface area contributed by atoms with Crippen molar-refractivity contribution in [3.8, 4) is 0 Å². The minimum absolute atomic E-state index is 0.0236. The largest absolute Gasteiger partial charge is 0.330 e. The van der Waals surface area contributed by atoms with Crippen LogP contribution in [-0.2, 0) is 6.54 Å². The van der Waals surface area contributed by atoms with Gasteiger partial charge in [-0.25, -0.2) is 4.98 Å². The van der Waals surface area contributed by atoms with E-state index < -0.39 is 0 Å². The summed E-state index contributed by atoms with van der Waals surface area (Å²) in [6.07, 6.45) is 8.11. The number of thiazole rings is 1. The van der Waals surface area contributed by atoms with Crippen LogP contribution in [0.3, 0.4) is 0 Å². The minimum Gasteiger partial charge on any atom is -0.330 e. The first kappa shape index (κ1) is 14.6. The van der Waals surface area contributed by atoms with Crippen LogP contribution in [0.5, 0.6) is 0 Å². The molecule has 1 saturated carbocycles. The fourth-order valence-corrected chi connectivity index (χ4v) is 3.88. The molecular weight excluding hydrogens is 304 g/mol. The molecule has 1 aliphatic rings. The third-order valence-corrected chi connectivity index (χ3v) is 5.15. The van der Waals surface area contributed by atoms with Crippen LogP contribution in [0.25, 0.3) is 0 Å². The van der Waals surface area contributed by atoms with Crippen LogP contribution in [-0.4, -0.2) is 31.9 Å². The fourth-order valence-electron chi connectivity index (χ4n) is 2.81. The molecule has 0 aromatic carbocycles. The zero-order valence-corrected chi connectivity index (χ0v) is 13.4. The van der Waals surface area contributed by atoms with Crippen molar-refractivity contribution in [1.82, 2.24) is 19.5 Å². The van der Waals surface area contributed by atoms with Crippen LogP contribution in [0.1, 0.15) is 47.6 Å². The number of carbonyl (C=O) groups is 1. The van der Waals surface area contributed by atoms with E-state index in [1.807, 2.05) is 10.3 Å². The molecule has 0 spiro atoms. The lowest BCUT2D eigenvalue weighted by Gasteiger charge is -2.28. The van der Waals surface area contributed by atoms with E-state index >= 15 is 0 Å². The van der Waals surface area contributed by atoms with E-state index in [1.54, 1.807) is 22.9 Å². The summed E-state index contributed by atoms with van der Waals surface area (Å²) in [5, 5.41) is 8.56. The fraction of sp³-hybridized carbons (Fsp3) is 0.571. The molecule has 2 aromatic heterocycles. The maximum atomic E-state index is 12.6. The molecule has 0 saturated heterocycles. The van der Waals surface area contributed by atoms with Crippen LogP contribution in [0.15, 0.2) is 17.0 Å². The highest BCUT2D eigenvalue weighted by Crippen LogP contribution is 2.25. The molecule has 1 fully saturated rings. The highest BCUT2D eigenvalue weighted by Gasteiger charge is 2.24. The van der Waals surface area contributed by atoms with Crippen molar-refractivity contribution in [2.24, 2.45) is 5.92 Å². The Bertz CT molecular complexity index is 550. The van der Waals surface area contributed by atoms with Crippen molar-refractivity contribution in [2.45, 2.75) is 38.6 Å². The second-order valence-corrected chi connectivity index (χ2v) is 6.99. The normalized spacial score (nSPS) is 16.0. The maximum Gasteiger partial charge on any atom is 0.275 e. The maximum absolute atomic E-state index is 12.6. The van der Waals surface area contributed by atoms with E-state index in [9.17, 15) is 4.79 Å². The smallest absolute Gasteiger partial charge is 0.275 e. The van der Waals surface area contributed by atoms with Crippen LogP contribution in [0.4, 0.5) is 0 Å². The van der Waals surface area contributed by atoms with Gasteiger partial charge in [0, 0.05) is 23.5 Å². The number of nitrogens with zero attached hydrogens (tertiary/aromatic N) is 4. The molecule has 0 aliphatic heterocycles. The van der Waals surface area contributed by atoms with Crippen molar-refractivity contribution in [3.63, 3.8) is 0 Å². The van der Waals surface area contributed by atoms with Gasteiger partial charge in [0.25, 0.3) is 5.91 Å². The van der Waals surface area contributed by atoms with E-state index in [4.69, 9.17) is 0 Å². The number of carbonyl (C=O) groups excluding carboxylic acids is 1. The number of amides is 1. The Kier molecular flexibility index (Phi) is 4.92. The molecule has 0 unspecified atom stereocenters. The molecule has 0 radical (unpaired) electrons. The Morgan fingerprint density at radius 3 is 2.86 bits per heavy atom. The molecule has 2 heterocycles. The van der Waals surface area contributed by atoms with Crippen LogP contribution in [0.2, 0.25) is 0 Å². The van der Waals surface area contributed by atoms with Gasteiger partial charge in [0.1, 0.15) is 5.01 Å². The van der Waals surface area contributed by atoms with Gasteiger partial charge in [0.2, 0.25) is 0 Å². The van der Waals surface area contributed by atoms with Gasteiger partial charge >= 0.3 is 0 Å². The van der Waals surface area contributed by atoms with Gasteiger partial charge < -0.3 is 4.90 Å². The number of hydrogen-bond acceptors (Lipinski definition) is 6. The molecule has 2 aromatic rings. The van der Waals surface area contributed by atoms with Crippen molar-refractivity contribution in [3.05, 3.63) is 27.7 Å². The van der Waals surface area contributed by atoms with Crippen LogP contribution < -0.4 is 0 Å². The number of hydrogen-bond donors (Lipinski definition) is 0. The van der Waals surface area contributed by atoms with Crippen molar-refractivity contribution in [1.29, 1.82) is 0 Å². The van der Waals surface area contributed by atoms with E-state index in [0.29, 0.717) is 18.2 Å². The topological polar surface area (TPSA) is 59.0 Å². The Hall–Kier alpha value is -1.34. The van der Waals surface area contributed by atoms with Crippen molar-refractivity contribution < 1.29 is 4.79 Å². The molecular formula is C14H18N4OS2. The Balaban J connectivity index is 1.71. The average Bonchev–Trinajstić information content (AvgIpc) is 3.20. The Labute approximate surface area is 132 Å². The summed E-state index contributed by atoms with van der Waals surface area (Å²) in [6, 6.07) is 0. The Morgan fingerprint density at radius 2 is 2.19 bits per heavy atom. The predicted molar refractivity (Wildman–Crippen MR) is 83.3 cm³/mol. The lowest BCUT2D eigenvalue weighted by atomic mass is 9.89. The van der Waals surface area contributed by atoms with E-state index in [-0.39, 0.29) is 5.91 Å². The lowest BCUT2D eigenvalue weighted by molar-refractivity contribution is 0.0693. The molecule has 7 heteroatoms. The summed E-state index contributed by atoms with van der Waals surface area (Å²) in [5.41, 5.74) is 0.451. The highest BCUT2D eigenvalue weighted by atomic mass is 32.1. The minimum atomic E-state index is -0.0236. The van der Waals surface area contributed by atoms with Crippen LogP contribution in [0, 0.1) is 5.92 Å². The molecule has 0 N–H and O–H groups in total. The van der Waals surface area contributed by atoms with E-state index in [2.05, 4.69) is 14.6 Å². The zero-order valence-electron chi connectivity index (χ0n) is 11.8. The van der Waals surface area contributed by atoms with Crippen molar-refractivity contribution in [2.75, 3.05) is 6.54 Å². The Morgan fingerprint density at radius 1 is 1.33 bits per heavy atom. The quantitative estimate of drug-likeness (QED) is 0.848. The van der Waals surface area contributed by atoms with Gasteiger partial charge in [-0.05, 0) is 30.3 Å². The summed E-state index contributed by atoms with van der Waals surface area (Å²) >= 11 is 2.81. The third kappa shape index (κ3) is 3.85. The van der Waals surface area contributed by atoms with E-state index in [1.165, 1.54) is 43.6 Å².